The first-order valence-corrected chi connectivity index (χ1v) is 9.66. The molecule has 6 nitrogen and oxygen atoms in total. The molecule has 2 fully saturated rings. The highest BCUT2D eigenvalue weighted by Gasteiger charge is 2.23. The molecule has 6 heteroatoms. The van der Waals surface area contributed by atoms with Crippen molar-refractivity contribution in [3.8, 4) is 0 Å². The Bertz CT molecular complexity index is 601. The molecule has 26 heavy (non-hydrogen) atoms. The van der Waals surface area contributed by atoms with E-state index >= 15 is 0 Å². The van der Waals surface area contributed by atoms with Crippen LogP contribution in [0.1, 0.15) is 48.9 Å². The van der Waals surface area contributed by atoms with E-state index in [1.54, 1.807) is 12.1 Å². The number of nitrogens with zero attached hydrogens (tertiary/aromatic N) is 2. The van der Waals surface area contributed by atoms with Gasteiger partial charge in [-0.25, -0.2) is 9.59 Å². The number of ether oxygens (including phenoxy) is 1. The van der Waals surface area contributed by atoms with Crippen LogP contribution in [0.25, 0.3) is 0 Å². The number of urea groups is 1. The summed E-state index contributed by atoms with van der Waals surface area (Å²) < 4.78 is 4.73. The van der Waals surface area contributed by atoms with Crippen molar-refractivity contribution < 1.29 is 14.3 Å². The molecule has 1 saturated heterocycles. The van der Waals surface area contributed by atoms with Crippen molar-refractivity contribution in [2.75, 3.05) is 38.2 Å². The third kappa shape index (κ3) is 4.68. The van der Waals surface area contributed by atoms with Gasteiger partial charge >= 0.3 is 12.0 Å². The SMILES string of the molecule is COC(=O)c1ccc(N2CCN(C(=O)NC3CCCCCC3)CC2)cc1. The lowest BCUT2D eigenvalue weighted by molar-refractivity contribution is 0.0600. The quantitative estimate of drug-likeness (QED) is 0.666. The Morgan fingerprint density at radius 2 is 1.58 bits per heavy atom. The molecule has 1 aromatic rings. The number of rotatable bonds is 3. The molecule has 0 atom stereocenters. The van der Waals surface area contributed by atoms with E-state index in [1.807, 2.05) is 17.0 Å². The summed E-state index contributed by atoms with van der Waals surface area (Å²) in [6.07, 6.45) is 7.25. The van der Waals surface area contributed by atoms with Crippen LogP contribution in [0.5, 0.6) is 0 Å². The number of nitrogens with one attached hydrogen (secondary N) is 1. The fraction of sp³-hybridized carbons (Fsp3) is 0.600. The van der Waals surface area contributed by atoms with Crippen LogP contribution >= 0.6 is 0 Å². The van der Waals surface area contributed by atoms with Gasteiger partial charge in [0.1, 0.15) is 0 Å². The normalized spacial score (nSPS) is 19.0. The van der Waals surface area contributed by atoms with Crippen molar-refractivity contribution in [2.24, 2.45) is 0 Å². The van der Waals surface area contributed by atoms with Crippen molar-refractivity contribution in [3.05, 3.63) is 29.8 Å². The Hall–Kier alpha value is -2.24. The maximum Gasteiger partial charge on any atom is 0.337 e. The maximum absolute atomic E-state index is 12.5. The van der Waals surface area contributed by atoms with Crippen molar-refractivity contribution in [2.45, 2.75) is 44.6 Å². The van der Waals surface area contributed by atoms with Gasteiger partial charge < -0.3 is 19.9 Å². The molecule has 1 aliphatic heterocycles. The lowest BCUT2D eigenvalue weighted by Crippen LogP contribution is -2.53. The van der Waals surface area contributed by atoms with Gasteiger partial charge in [-0.15, -0.1) is 0 Å². The number of carbonyl (C=O) groups is 2. The minimum absolute atomic E-state index is 0.0811. The molecule has 0 unspecified atom stereocenters. The predicted octanol–water partition coefficient (Wildman–Crippen LogP) is 3.03. The second-order valence-corrected chi connectivity index (χ2v) is 7.15. The molecule has 1 aromatic carbocycles. The van der Waals surface area contributed by atoms with Crippen LogP contribution in [0.15, 0.2) is 24.3 Å². The second kappa shape index (κ2) is 8.92. The van der Waals surface area contributed by atoms with Crippen LogP contribution in [-0.4, -0.2) is 56.2 Å². The third-order valence-electron chi connectivity index (χ3n) is 5.40. The van der Waals surface area contributed by atoms with Gasteiger partial charge in [-0.3, -0.25) is 0 Å². The van der Waals surface area contributed by atoms with Crippen LogP contribution in [0.4, 0.5) is 10.5 Å². The number of hydrogen-bond acceptors (Lipinski definition) is 4. The molecule has 2 amide bonds. The monoisotopic (exact) mass is 359 g/mol. The largest absolute Gasteiger partial charge is 0.465 e. The van der Waals surface area contributed by atoms with E-state index < -0.39 is 0 Å². The number of hydrogen-bond donors (Lipinski definition) is 1. The third-order valence-corrected chi connectivity index (χ3v) is 5.40. The lowest BCUT2D eigenvalue weighted by atomic mass is 10.1. The van der Waals surface area contributed by atoms with E-state index in [0.717, 1.165) is 44.7 Å². The zero-order valence-electron chi connectivity index (χ0n) is 15.6. The summed E-state index contributed by atoms with van der Waals surface area (Å²) in [6.45, 7) is 3.04. The average molecular weight is 359 g/mol. The molecule has 1 aliphatic carbocycles. The Morgan fingerprint density at radius 1 is 0.962 bits per heavy atom. The molecule has 142 valence electrons. The van der Waals surface area contributed by atoms with Gasteiger partial charge in [-0.1, -0.05) is 25.7 Å². The summed E-state index contributed by atoms with van der Waals surface area (Å²) in [7, 11) is 1.38. The van der Waals surface area contributed by atoms with Crippen LogP contribution in [-0.2, 0) is 4.74 Å². The Labute approximate surface area is 155 Å². The van der Waals surface area contributed by atoms with Gasteiger partial charge in [0.15, 0.2) is 0 Å². The fourth-order valence-corrected chi connectivity index (χ4v) is 3.78. The standard InChI is InChI=1S/C20H29N3O3/c1-26-19(24)16-8-10-18(11-9-16)22-12-14-23(15-13-22)20(25)21-17-6-4-2-3-5-7-17/h8-11,17H,2-7,12-15H2,1H3,(H,21,25). The molecule has 1 saturated carbocycles. The average Bonchev–Trinajstić information content (AvgIpc) is 2.96. The first-order chi connectivity index (χ1) is 12.7. The van der Waals surface area contributed by atoms with Crippen LogP contribution in [0, 0.1) is 0 Å². The number of esters is 1. The first kappa shape index (κ1) is 18.5. The predicted molar refractivity (Wildman–Crippen MR) is 102 cm³/mol. The molecule has 1 N–H and O–H groups in total. The smallest absolute Gasteiger partial charge is 0.337 e. The number of methoxy groups -OCH3 is 1. The Balaban J connectivity index is 1.48. The van der Waals surface area contributed by atoms with Gasteiger partial charge in [0.2, 0.25) is 0 Å². The molecule has 0 aromatic heterocycles. The minimum atomic E-state index is -0.323. The molecule has 1 heterocycles. The molecule has 0 radical (unpaired) electrons. The topological polar surface area (TPSA) is 61.9 Å². The number of piperazine rings is 1. The summed E-state index contributed by atoms with van der Waals surface area (Å²) in [4.78, 5) is 28.2. The van der Waals surface area contributed by atoms with Crippen molar-refractivity contribution in [1.82, 2.24) is 10.2 Å². The molecule has 3 rings (SSSR count). The molecule has 0 spiro atoms. The van der Waals surface area contributed by atoms with Gasteiger partial charge in [0.05, 0.1) is 12.7 Å². The lowest BCUT2D eigenvalue weighted by Gasteiger charge is -2.36. The highest BCUT2D eigenvalue weighted by atomic mass is 16.5. The summed E-state index contributed by atoms with van der Waals surface area (Å²) in [5, 5.41) is 3.23. The van der Waals surface area contributed by atoms with Gasteiger partial charge in [-0.2, -0.15) is 0 Å². The van der Waals surface area contributed by atoms with Gasteiger partial charge in [-0.05, 0) is 37.1 Å². The second-order valence-electron chi connectivity index (χ2n) is 7.15. The van der Waals surface area contributed by atoms with E-state index in [2.05, 4.69) is 10.2 Å². The van der Waals surface area contributed by atoms with E-state index in [9.17, 15) is 9.59 Å². The number of amides is 2. The van der Waals surface area contributed by atoms with Crippen LogP contribution in [0.2, 0.25) is 0 Å². The number of carbonyl (C=O) groups excluding carboxylic acids is 2. The summed E-state index contributed by atoms with van der Waals surface area (Å²) in [5.41, 5.74) is 1.62. The van der Waals surface area contributed by atoms with Crippen molar-refractivity contribution in [1.29, 1.82) is 0 Å². The highest BCUT2D eigenvalue weighted by Crippen LogP contribution is 2.19. The zero-order chi connectivity index (χ0) is 18.4. The van der Waals surface area contributed by atoms with E-state index in [0.29, 0.717) is 11.6 Å². The molecule has 2 aliphatic rings. The van der Waals surface area contributed by atoms with Crippen LogP contribution < -0.4 is 10.2 Å². The Kier molecular flexibility index (Phi) is 6.36. The summed E-state index contributed by atoms with van der Waals surface area (Å²) in [5.74, 6) is -0.323. The van der Waals surface area contributed by atoms with E-state index in [4.69, 9.17) is 4.74 Å². The Morgan fingerprint density at radius 3 is 2.15 bits per heavy atom. The van der Waals surface area contributed by atoms with Crippen LogP contribution in [0.3, 0.4) is 0 Å². The minimum Gasteiger partial charge on any atom is -0.465 e. The molecule has 0 bridgehead atoms. The first-order valence-electron chi connectivity index (χ1n) is 9.66. The number of benzene rings is 1. The van der Waals surface area contributed by atoms with Gasteiger partial charge in [0.25, 0.3) is 0 Å². The maximum atomic E-state index is 12.5. The van der Waals surface area contributed by atoms with Crippen molar-refractivity contribution in [3.63, 3.8) is 0 Å². The highest BCUT2D eigenvalue weighted by molar-refractivity contribution is 5.89. The zero-order valence-corrected chi connectivity index (χ0v) is 15.6. The number of anilines is 1. The molecular formula is C20H29N3O3. The van der Waals surface area contributed by atoms with E-state index in [1.165, 1.54) is 32.8 Å². The van der Waals surface area contributed by atoms with E-state index in [-0.39, 0.29) is 12.0 Å². The van der Waals surface area contributed by atoms with Crippen molar-refractivity contribution >= 4 is 17.7 Å². The van der Waals surface area contributed by atoms with Gasteiger partial charge in [0, 0.05) is 37.9 Å². The summed E-state index contributed by atoms with van der Waals surface area (Å²) in [6, 6.07) is 7.87. The molecular weight excluding hydrogens is 330 g/mol. The fourth-order valence-electron chi connectivity index (χ4n) is 3.78. The summed E-state index contributed by atoms with van der Waals surface area (Å²) >= 11 is 0.